The minimum Gasteiger partial charge on any atom is -0.377 e. The number of rotatable bonds is 0. The number of hydrogen-bond acceptors (Lipinski definition) is 8. The van der Waals surface area contributed by atoms with Crippen molar-refractivity contribution in [3.8, 4) is 0 Å². The van der Waals surface area contributed by atoms with Crippen LogP contribution in [0.25, 0.3) is 0 Å². The molecular formula is C4H9NO4S3. The van der Waals surface area contributed by atoms with Crippen LogP contribution in [0.2, 0.25) is 0 Å². The van der Waals surface area contributed by atoms with Crippen LogP contribution in [0.4, 0.5) is 0 Å². The predicted molar refractivity (Wildman–Crippen MR) is 49.7 cm³/mol. The van der Waals surface area contributed by atoms with E-state index in [1.165, 1.54) is 11.1 Å². The summed E-state index contributed by atoms with van der Waals surface area (Å²) in [4.78, 5) is 7.43. The molecule has 0 bridgehead atoms. The summed E-state index contributed by atoms with van der Waals surface area (Å²) in [7, 11) is 0. The lowest BCUT2D eigenvalue weighted by molar-refractivity contribution is 0.0218. The van der Waals surface area contributed by atoms with E-state index in [4.69, 9.17) is 17.4 Å². The molecule has 1 aliphatic heterocycles. The summed E-state index contributed by atoms with van der Waals surface area (Å²) in [5.74, 6) is 0. The molecule has 1 fully saturated rings. The second-order valence-corrected chi connectivity index (χ2v) is 3.86. The SMILES string of the molecule is C1CONSOSSOCCO1. The first kappa shape index (κ1) is 10.9. The Morgan fingerprint density at radius 2 is 1.92 bits per heavy atom. The van der Waals surface area contributed by atoms with Gasteiger partial charge in [0, 0.05) is 0 Å². The standard InChI is InChI=1S/C4H9NO4S3/c1-3-7-5-10-9-12-11-8-4-2-6-1/h5H,1-4H2. The molecule has 72 valence electrons. The molecule has 0 unspecified atom stereocenters. The van der Waals surface area contributed by atoms with Gasteiger partial charge in [0.15, 0.2) is 0 Å². The predicted octanol–water partition coefficient (Wildman–Crippen LogP) is 1.35. The molecule has 0 atom stereocenters. The molecule has 1 rings (SSSR count). The fraction of sp³-hybridized carbons (Fsp3) is 1.00. The molecule has 0 amide bonds. The van der Waals surface area contributed by atoms with E-state index in [9.17, 15) is 0 Å². The van der Waals surface area contributed by atoms with E-state index in [0.29, 0.717) is 26.4 Å². The van der Waals surface area contributed by atoms with E-state index in [-0.39, 0.29) is 0 Å². The molecule has 12 heavy (non-hydrogen) atoms. The first-order chi connectivity index (χ1) is 6.00. The molecule has 0 saturated carbocycles. The molecular weight excluding hydrogens is 222 g/mol. The zero-order chi connectivity index (χ0) is 8.49. The highest BCUT2D eigenvalue weighted by atomic mass is 33.1. The lowest BCUT2D eigenvalue weighted by atomic mass is 10.7. The minimum atomic E-state index is 0.494. The number of ether oxygens (including phenoxy) is 1. The van der Waals surface area contributed by atoms with Crippen LogP contribution in [0.1, 0.15) is 0 Å². The first-order valence-corrected chi connectivity index (χ1v) is 5.97. The monoisotopic (exact) mass is 231 g/mol. The van der Waals surface area contributed by atoms with Crippen molar-refractivity contribution in [2.45, 2.75) is 0 Å². The van der Waals surface area contributed by atoms with Gasteiger partial charge >= 0.3 is 0 Å². The molecule has 0 aliphatic carbocycles. The fourth-order valence-electron chi connectivity index (χ4n) is 0.454. The molecule has 1 N–H and O–H groups in total. The molecule has 0 radical (unpaired) electrons. The van der Waals surface area contributed by atoms with E-state index >= 15 is 0 Å². The first-order valence-electron chi connectivity index (χ1n) is 3.23. The Balaban J connectivity index is 2.00. The molecule has 1 heterocycles. The summed E-state index contributed by atoms with van der Waals surface area (Å²) >= 11 is 3.29. The fourth-order valence-corrected chi connectivity index (χ4v) is 1.85. The van der Waals surface area contributed by atoms with Crippen molar-refractivity contribution < 1.29 is 17.4 Å². The van der Waals surface area contributed by atoms with Crippen molar-refractivity contribution in [2.75, 3.05) is 26.4 Å². The van der Waals surface area contributed by atoms with E-state index in [1.807, 2.05) is 0 Å². The molecule has 0 aromatic heterocycles. The molecule has 0 aromatic rings. The summed E-state index contributed by atoms with van der Waals surface area (Å²) in [6, 6.07) is 0. The number of hydrogen-bond donors (Lipinski definition) is 1. The van der Waals surface area contributed by atoms with Gasteiger partial charge in [0.25, 0.3) is 0 Å². The van der Waals surface area contributed by atoms with Gasteiger partial charge in [0.05, 0.1) is 37.5 Å². The van der Waals surface area contributed by atoms with E-state index < -0.39 is 0 Å². The third kappa shape index (κ3) is 6.38. The van der Waals surface area contributed by atoms with Crippen molar-refractivity contribution in [1.82, 2.24) is 4.89 Å². The second kappa shape index (κ2) is 8.45. The van der Waals surface area contributed by atoms with Gasteiger partial charge in [0.2, 0.25) is 0 Å². The Hall–Kier alpha value is 0.850. The van der Waals surface area contributed by atoms with Crippen molar-refractivity contribution in [3.05, 3.63) is 0 Å². The maximum absolute atomic E-state index is 5.14. The van der Waals surface area contributed by atoms with Crippen LogP contribution >= 0.6 is 34.4 Å². The van der Waals surface area contributed by atoms with Crippen molar-refractivity contribution >= 4 is 34.4 Å². The minimum absolute atomic E-state index is 0.494. The lowest BCUT2D eigenvalue weighted by Gasteiger charge is -2.07. The molecule has 8 heteroatoms. The van der Waals surface area contributed by atoms with Gasteiger partial charge in [-0.25, -0.2) is 3.63 Å². The van der Waals surface area contributed by atoms with Crippen molar-refractivity contribution in [2.24, 2.45) is 0 Å². The van der Waals surface area contributed by atoms with Gasteiger partial charge in [-0.05, 0) is 0 Å². The van der Waals surface area contributed by atoms with Gasteiger partial charge in [0.1, 0.15) is 23.3 Å². The molecule has 1 aliphatic rings. The lowest BCUT2D eigenvalue weighted by Crippen LogP contribution is -2.13. The van der Waals surface area contributed by atoms with E-state index in [0.717, 1.165) is 23.3 Å². The quantitative estimate of drug-likeness (QED) is 0.381. The smallest absolute Gasteiger partial charge is 0.121 e. The molecule has 1 saturated heterocycles. The van der Waals surface area contributed by atoms with E-state index in [2.05, 4.69) is 4.89 Å². The second-order valence-electron chi connectivity index (χ2n) is 1.65. The summed E-state index contributed by atoms with van der Waals surface area (Å²) in [6.45, 7) is 2.17. The Labute approximate surface area is 83.3 Å². The van der Waals surface area contributed by atoms with Crippen LogP contribution in [0.15, 0.2) is 0 Å². The van der Waals surface area contributed by atoms with Crippen LogP contribution in [-0.4, -0.2) is 26.4 Å². The highest BCUT2D eigenvalue weighted by molar-refractivity contribution is 8.73. The molecule has 0 spiro atoms. The number of nitrogens with one attached hydrogen (secondary N) is 1. The normalized spacial score (nSPS) is 24.0. The molecule has 5 nitrogen and oxygen atoms in total. The summed E-state index contributed by atoms with van der Waals surface area (Å²) < 4.78 is 15.1. The van der Waals surface area contributed by atoms with Crippen molar-refractivity contribution in [3.63, 3.8) is 0 Å². The van der Waals surface area contributed by atoms with Gasteiger partial charge in [-0.3, -0.25) is 4.84 Å². The molecule has 0 aromatic carbocycles. The third-order valence-electron chi connectivity index (χ3n) is 0.871. The van der Waals surface area contributed by atoms with Crippen molar-refractivity contribution in [1.29, 1.82) is 0 Å². The Kier molecular flexibility index (Phi) is 7.69. The maximum Gasteiger partial charge on any atom is 0.121 e. The Morgan fingerprint density at radius 1 is 1.00 bits per heavy atom. The van der Waals surface area contributed by atoms with E-state index in [1.54, 1.807) is 0 Å². The van der Waals surface area contributed by atoms with Crippen LogP contribution in [0.3, 0.4) is 0 Å². The Morgan fingerprint density at radius 3 is 2.92 bits per heavy atom. The largest absolute Gasteiger partial charge is 0.377 e. The maximum atomic E-state index is 5.14. The third-order valence-corrected chi connectivity index (χ3v) is 2.83. The average Bonchev–Trinajstić information content (AvgIpc) is 2.05. The summed E-state index contributed by atoms with van der Waals surface area (Å²) in [5, 5.41) is 0. The Bertz CT molecular complexity index is 65.3. The van der Waals surface area contributed by atoms with Crippen LogP contribution in [-0.2, 0) is 17.4 Å². The van der Waals surface area contributed by atoms with Crippen LogP contribution in [0, 0.1) is 0 Å². The van der Waals surface area contributed by atoms with Gasteiger partial charge in [-0.1, -0.05) is 0 Å². The highest BCUT2D eigenvalue weighted by Gasteiger charge is 1.97. The average molecular weight is 231 g/mol. The zero-order valence-electron chi connectivity index (χ0n) is 6.19. The topological polar surface area (TPSA) is 49.0 Å². The van der Waals surface area contributed by atoms with Gasteiger partial charge in [-0.15, -0.1) is 4.89 Å². The zero-order valence-corrected chi connectivity index (χ0v) is 8.64. The van der Waals surface area contributed by atoms with Crippen LogP contribution < -0.4 is 4.89 Å². The van der Waals surface area contributed by atoms with Gasteiger partial charge in [-0.2, -0.15) is 0 Å². The summed E-state index contributed by atoms with van der Waals surface area (Å²) in [5.41, 5.74) is 0. The van der Waals surface area contributed by atoms with Gasteiger partial charge < -0.3 is 8.92 Å². The van der Waals surface area contributed by atoms with Crippen LogP contribution in [0.5, 0.6) is 0 Å². The summed E-state index contributed by atoms with van der Waals surface area (Å²) in [6.07, 6.45) is 0. The highest BCUT2D eigenvalue weighted by Crippen LogP contribution is 2.27.